The minimum Gasteiger partial charge on any atom is -0.341 e. The highest BCUT2D eigenvalue weighted by Gasteiger charge is 2.24. The summed E-state index contributed by atoms with van der Waals surface area (Å²) in [4.78, 5) is 26.5. The second-order valence-electron chi connectivity index (χ2n) is 6.93. The number of nitrogens with zero attached hydrogens (tertiary/aromatic N) is 1. The molecule has 0 radical (unpaired) electrons. The van der Waals surface area contributed by atoms with E-state index in [1.165, 1.54) is 0 Å². The van der Waals surface area contributed by atoms with Crippen molar-refractivity contribution in [3.8, 4) is 0 Å². The van der Waals surface area contributed by atoms with Gasteiger partial charge >= 0.3 is 6.03 Å². The van der Waals surface area contributed by atoms with Crippen LogP contribution in [-0.2, 0) is 6.42 Å². The van der Waals surface area contributed by atoms with Crippen molar-refractivity contribution < 1.29 is 9.59 Å². The quantitative estimate of drug-likeness (QED) is 0.860. The second kappa shape index (κ2) is 8.71. The molecule has 1 atom stereocenters. The third-order valence-electron chi connectivity index (χ3n) is 5.19. The predicted molar refractivity (Wildman–Crippen MR) is 108 cm³/mol. The number of rotatable bonds is 4. The summed E-state index contributed by atoms with van der Waals surface area (Å²) in [5.41, 5.74) is 3.74. The molecule has 5 nitrogen and oxygen atoms in total. The first-order chi connectivity index (χ1) is 13.1. The zero-order chi connectivity index (χ0) is 19.2. The molecule has 3 rings (SSSR count). The van der Waals surface area contributed by atoms with Crippen molar-refractivity contribution in [1.29, 1.82) is 0 Å². The fourth-order valence-corrected chi connectivity index (χ4v) is 3.67. The van der Waals surface area contributed by atoms with Crippen LogP contribution in [0, 0.1) is 0 Å². The first-order valence-corrected chi connectivity index (χ1v) is 9.58. The summed E-state index contributed by atoms with van der Waals surface area (Å²) in [5, 5.41) is 5.73. The molecule has 2 aromatic rings. The van der Waals surface area contributed by atoms with E-state index in [-0.39, 0.29) is 17.9 Å². The highest BCUT2D eigenvalue weighted by molar-refractivity contribution is 6.04. The molecule has 1 aliphatic rings. The number of amides is 3. The molecular weight excluding hydrogens is 338 g/mol. The van der Waals surface area contributed by atoms with E-state index in [1.807, 2.05) is 47.4 Å². The van der Waals surface area contributed by atoms with Crippen LogP contribution in [0.25, 0.3) is 0 Å². The summed E-state index contributed by atoms with van der Waals surface area (Å²) in [7, 11) is 1.66. The summed E-state index contributed by atoms with van der Waals surface area (Å²) in [6.45, 7) is 3.54. The molecule has 5 heteroatoms. The lowest BCUT2D eigenvalue weighted by molar-refractivity contribution is 0.102. The van der Waals surface area contributed by atoms with Gasteiger partial charge in [0.05, 0.1) is 0 Å². The number of benzene rings is 2. The van der Waals surface area contributed by atoms with E-state index in [0.717, 1.165) is 42.6 Å². The summed E-state index contributed by atoms with van der Waals surface area (Å²) < 4.78 is 0. The van der Waals surface area contributed by atoms with Crippen LogP contribution in [0.2, 0.25) is 0 Å². The zero-order valence-corrected chi connectivity index (χ0v) is 16.0. The lowest BCUT2D eigenvalue weighted by Crippen LogP contribution is -2.43. The van der Waals surface area contributed by atoms with Crippen LogP contribution >= 0.6 is 0 Å². The Morgan fingerprint density at radius 3 is 2.74 bits per heavy atom. The van der Waals surface area contributed by atoms with Crippen molar-refractivity contribution in [3.63, 3.8) is 0 Å². The van der Waals surface area contributed by atoms with Crippen LogP contribution in [0.3, 0.4) is 0 Å². The Morgan fingerprint density at radius 1 is 1.15 bits per heavy atom. The number of anilines is 1. The predicted octanol–water partition coefficient (Wildman–Crippen LogP) is 4.02. The standard InChI is InChI=1S/C22H27N3O2/c1-3-16-8-4-5-12-20(16)24-21(26)18-10-6-9-17(14-18)19-11-7-13-25(15-19)22(27)23-2/h4-6,8-10,12,14,19H,3,7,11,13,15H2,1-2H3,(H,23,27)(H,24,26)/t19-/m1/s1. The van der Waals surface area contributed by atoms with Gasteiger partial charge in [-0.1, -0.05) is 37.3 Å². The van der Waals surface area contributed by atoms with Gasteiger partial charge in [0.2, 0.25) is 0 Å². The Balaban J connectivity index is 1.75. The number of urea groups is 1. The third-order valence-corrected chi connectivity index (χ3v) is 5.19. The summed E-state index contributed by atoms with van der Waals surface area (Å²) in [6, 6.07) is 15.6. The van der Waals surface area contributed by atoms with Crippen molar-refractivity contribution >= 4 is 17.6 Å². The van der Waals surface area contributed by atoms with E-state index in [4.69, 9.17) is 0 Å². The van der Waals surface area contributed by atoms with Gasteiger partial charge in [-0.05, 0) is 48.6 Å². The molecule has 1 saturated heterocycles. The Kier molecular flexibility index (Phi) is 6.12. The first kappa shape index (κ1) is 19.0. The largest absolute Gasteiger partial charge is 0.341 e. The molecule has 0 spiro atoms. The number of aryl methyl sites for hydroxylation is 1. The average molecular weight is 365 g/mol. The molecule has 27 heavy (non-hydrogen) atoms. The molecule has 3 amide bonds. The summed E-state index contributed by atoms with van der Waals surface area (Å²) in [5.74, 6) is 0.156. The molecule has 2 aromatic carbocycles. The van der Waals surface area contributed by atoms with Gasteiger partial charge in [0.15, 0.2) is 0 Å². The zero-order valence-electron chi connectivity index (χ0n) is 16.0. The van der Waals surface area contributed by atoms with Gasteiger partial charge in [-0.25, -0.2) is 4.79 Å². The van der Waals surface area contributed by atoms with Gasteiger partial charge in [-0.15, -0.1) is 0 Å². The Bertz CT molecular complexity index is 819. The smallest absolute Gasteiger partial charge is 0.317 e. The Morgan fingerprint density at radius 2 is 1.96 bits per heavy atom. The van der Waals surface area contributed by atoms with E-state index < -0.39 is 0 Å². The Hall–Kier alpha value is -2.82. The molecule has 0 unspecified atom stereocenters. The van der Waals surface area contributed by atoms with E-state index >= 15 is 0 Å². The number of likely N-dealkylation sites (tertiary alicyclic amines) is 1. The van der Waals surface area contributed by atoms with Crippen LogP contribution in [-0.4, -0.2) is 37.0 Å². The minimum absolute atomic E-state index is 0.0372. The van der Waals surface area contributed by atoms with E-state index in [9.17, 15) is 9.59 Å². The first-order valence-electron chi connectivity index (χ1n) is 9.58. The van der Waals surface area contributed by atoms with Gasteiger partial charge in [0.25, 0.3) is 5.91 Å². The highest BCUT2D eigenvalue weighted by Crippen LogP contribution is 2.28. The maximum atomic E-state index is 12.8. The number of carbonyl (C=O) groups excluding carboxylic acids is 2. The highest BCUT2D eigenvalue weighted by atomic mass is 16.2. The van der Waals surface area contributed by atoms with Crippen LogP contribution in [0.5, 0.6) is 0 Å². The molecule has 142 valence electrons. The molecule has 1 fully saturated rings. The maximum Gasteiger partial charge on any atom is 0.317 e. The lowest BCUT2D eigenvalue weighted by Gasteiger charge is -2.32. The van der Waals surface area contributed by atoms with Crippen molar-refractivity contribution in [1.82, 2.24) is 10.2 Å². The van der Waals surface area contributed by atoms with E-state index in [0.29, 0.717) is 12.1 Å². The molecule has 2 N–H and O–H groups in total. The van der Waals surface area contributed by atoms with Gasteiger partial charge < -0.3 is 15.5 Å². The lowest BCUT2D eigenvalue weighted by atomic mass is 9.89. The molecule has 1 heterocycles. The maximum absolute atomic E-state index is 12.8. The van der Waals surface area contributed by atoms with Crippen molar-refractivity contribution in [2.24, 2.45) is 0 Å². The molecular formula is C22H27N3O2. The average Bonchev–Trinajstić information content (AvgIpc) is 2.73. The van der Waals surface area contributed by atoms with Gasteiger partial charge in [0.1, 0.15) is 0 Å². The van der Waals surface area contributed by atoms with E-state index in [1.54, 1.807) is 7.05 Å². The molecule has 0 aromatic heterocycles. The van der Waals surface area contributed by atoms with Crippen LogP contribution < -0.4 is 10.6 Å². The molecule has 1 aliphatic heterocycles. The number of nitrogens with one attached hydrogen (secondary N) is 2. The molecule has 0 saturated carbocycles. The Labute approximate surface area is 160 Å². The number of hydrogen-bond donors (Lipinski definition) is 2. The number of carbonyl (C=O) groups is 2. The number of para-hydroxylation sites is 1. The second-order valence-corrected chi connectivity index (χ2v) is 6.93. The monoisotopic (exact) mass is 365 g/mol. The normalized spacial score (nSPS) is 16.7. The van der Waals surface area contributed by atoms with Gasteiger partial charge in [-0.3, -0.25) is 4.79 Å². The van der Waals surface area contributed by atoms with Gasteiger partial charge in [-0.2, -0.15) is 0 Å². The van der Waals surface area contributed by atoms with E-state index in [2.05, 4.69) is 23.6 Å². The third kappa shape index (κ3) is 4.48. The fraction of sp³-hybridized carbons (Fsp3) is 0.364. The molecule has 0 aliphatic carbocycles. The minimum atomic E-state index is -0.100. The van der Waals surface area contributed by atoms with Crippen molar-refractivity contribution in [2.45, 2.75) is 32.1 Å². The van der Waals surface area contributed by atoms with Crippen LogP contribution in [0.15, 0.2) is 48.5 Å². The van der Waals surface area contributed by atoms with Crippen molar-refractivity contribution in [2.75, 3.05) is 25.5 Å². The number of piperidine rings is 1. The van der Waals surface area contributed by atoms with Crippen LogP contribution in [0.1, 0.15) is 47.2 Å². The SMILES string of the molecule is CCc1ccccc1NC(=O)c1cccc([C@@H]2CCCN(C(=O)NC)C2)c1. The topological polar surface area (TPSA) is 61.4 Å². The summed E-state index contributed by atoms with van der Waals surface area (Å²) in [6.07, 6.45) is 2.86. The molecule has 0 bridgehead atoms. The van der Waals surface area contributed by atoms with Gasteiger partial charge in [0, 0.05) is 37.3 Å². The van der Waals surface area contributed by atoms with Crippen molar-refractivity contribution in [3.05, 3.63) is 65.2 Å². The number of hydrogen-bond acceptors (Lipinski definition) is 2. The fourth-order valence-electron chi connectivity index (χ4n) is 3.67. The summed E-state index contributed by atoms with van der Waals surface area (Å²) >= 11 is 0. The van der Waals surface area contributed by atoms with Crippen LogP contribution in [0.4, 0.5) is 10.5 Å².